The van der Waals surface area contributed by atoms with E-state index in [9.17, 15) is 18.0 Å². The van der Waals surface area contributed by atoms with Gasteiger partial charge in [-0.2, -0.15) is 4.31 Å². The minimum Gasteiger partial charge on any atom is -0.347 e. The van der Waals surface area contributed by atoms with Crippen molar-refractivity contribution in [3.8, 4) is 0 Å². The van der Waals surface area contributed by atoms with E-state index in [2.05, 4.69) is 15.6 Å². The largest absolute Gasteiger partial charge is 0.347 e. The quantitative estimate of drug-likeness (QED) is 0.421. The van der Waals surface area contributed by atoms with Crippen LogP contribution in [0.1, 0.15) is 38.6 Å². The summed E-state index contributed by atoms with van der Waals surface area (Å²) in [6.45, 7) is 6.28. The maximum absolute atomic E-state index is 12.8. The van der Waals surface area contributed by atoms with Crippen LogP contribution in [0.5, 0.6) is 0 Å². The highest BCUT2D eigenvalue weighted by molar-refractivity contribution is 7.89. The number of para-hydroxylation sites is 1. The van der Waals surface area contributed by atoms with Crippen LogP contribution in [0.2, 0.25) is 0 Å². The van der Waals surface area contributed by atoms with Crippen LogP contribution in [-0.4, -0.2) is 53.7 Å². The van der Waals surface area contributed by atoms with Crippen LogP contribution in [-0.2, 0) is 39.5 Å². The van der Waals surface area contributed by atoms with Crippen LogP contribution in [0.3, 0.4) is 0 Å². The molecule has 0 spiro atoms. The first-order valence-electron chi connectivity index (χ1n) is 11.8. The van der Waals surface area contributed by atoms with Crippen LogP contribution in [0.15, 0.2) is 47.4 Å². The molecule has 2 aromatic carbocycles. The lowest BCUT2D eigenvalue weighted by molar-refractivity contribution is -0.124. The molecule has 1 heterocycles. The second-order valence-electron chi connectivity index (χ2n) is 8.16. The summed E-state index contributed by atoms with van der Waals surface area (Å²) < 4.78 is 28.9. The highest BCUT2D eigenvalue weighted by Gasteiger charge is 2.23. The molecule has 0 unspecified atom stereocenters. The number of imidazole rings is 1. The molecule has 0 atom stereocenters. The Balaban J connectivity index is 1.61. The maximum Gasteiger partial charge on any atom is 0.243 e. The van der Waals surface area contributed by atoms with Gasteiger partial charge in [-0.05, 0) is 36.2 Å². The van der Waals surface area contributed by atoms with Crippen molar-refractivity contribution in [1.82, 2.24) is 19.2 Å². The van der Waals surface area contributed by atoms with Gasteiger partial charge < -0.3 is 15.2 Å². The molecule has 0 aliphatic heterocycles. The molecule has 0 aliphatic rings. The molecule has 9 nitrogen and oxygen atoms in total. The number of carbonyl (C=O) groups is 2. The van der Waals surface area contributed by atoms with Crippen molar-refractivity contribution in [2.24, 2.45) is 7.05 Å². The molecule has 0 saturated carbocycles. The second-order valence-corrected chi connectivity index (χ2v) is 10.1. The average molecular weight is 500 g/mol. The van der Waals surface area contributed by atoms with Crippen molar-refractivity contribution in [2.45, 2.75) is 44.9 Å². The summed E-state index contributed by atoms with van der Waals surface area (Å²) in [5.74, 6) is 0.110. The van der Waals surface area contributed by atoms with Crippen molar-refractivity contribution in [3.05, 3.63) is 53.9 Å². The van der Waals surface area contributed by atoms with Gasteiger partial charge in [-0.15, -0.1) is 0 Å². The Hall–Kier alpha value is -3.24. The summed E-state index contributed by atoms with van der Waals surface area (Å²) in [6.07, 6.45) is 1.31. The van der Waals surface area contributed by atoms with Crippen molar-refractivity contribution >= 4 is 38.6 Å². The van der Waals surface area contributed by atoms with E-state index in [1.807, 2.05) is 42.8 Å². The van der Waals surface area contributed by atoms with Gasteiger partial charge in [0.05, 0.1) is 22.5 Å². The third-order valence-electron chi connectivity index (χ3n) is 5.98. The Kier molecular flexibility index (Phi) is 8.63. The molecule has 1 aromatic heterocycles. The molecule has 188 valence electrons. The lowest BCUT2D eigenvalue weighted by atomic mass is 10.1. The number of aryl methyl sites for hydroxylation is 3. The number of nitrogens with one attached hydrogen (secondary N) is 2. The highest BCUT2D eigenvalue weighted by atomic mass is 32.2. The number of hydrogen-bond donors (Lipinski definition) is 2. The summed E-state index contributed by atoms with van der Waals surface area (Å²) in [7, 11) is -1.75. The molecule has 3 rings (SSSR count). The molecule has 0 aliphatic carbocycles. The molecule has 2 N–H and O–H groups in total. The SMILES string of the molecule is CCc1ccccc1NC(=O)CNC(=O)CCc1nc2cc(S(=O)(=O)N(CC)CC)ccc2n1C. The first kappa shape index (κ1) is 26.4. The molecule has 0 bridgehead atoms. The summed E-state index contributed by atoms with van der Waals surface area (Å²) in [4.78, 5) is 29.3. The molecular formula is C25H33N5O4S. The van der Waals surface area contributed by atoms with Crippen LogP contribution >= 0.6 is 0 Å². The van der Waals surface area contributed by atoms with Gasteiger partial charge in [0.25, 0.3) is 0 Å². The minimum absolute atomic E-state index is 0.119. The van der Waals surface area contributed by atoms with Gasteiger partial charge in [0.1, 0.15) is 5.82 Å². The maximum atomic E-state index is 12.8. The smallest absolute Gasteiger partial charge is 0.243 e. The number of rotatable bonds is 11. The number of amides is 2. The Bertz CT molecular complexity index is 1310. The van der Waals surface area contributed by atoms with Gasteiger partial charge in [0, 0.05) is 38.7 Å². The zero-order valence-electron chi connectivity index (χ0n) is 20.7. The zero-order valence-corrected chi connectivity index (χ0v) is 21.5. The van der Waals surface area contributed by atoms with E-state index in [-0.39, 0.29) is 29.7 Å². The fraction of sp³-hybridized carbons (Fsp3) is 0.400. The lowest BCUT2D eigenvalue weighted by Crippen LogP contribution is -2.33. The van der Waals surface area contributed by atoms with Gasteiger partial charge in [0.2, 0.25) is 21.8 Å². The van der Waals surface area contributed by atoms with E-state index in [0.29, 0.717) is 30.9 Å². The number of hydrogen-bond acceptors (Lipinski definition) is 5. The Morgan fingerprint density at radius 1 is 1.03 bits per heavy atom. The van der Waals surface area contributed by atoms with E-state index >= 15 is 0 Å². The van der Waals surface area contributed by atoms with Crippen LogP contribution in [0.25, 0.3) is 11.0 Å². The predicted molar refractivity (Wildman–Crippen MR) is 137 cm³/mol. The van der Waals surface area contributed by atoms with E-state index < -0.39 is 10.0 Å². The van der Waals surface area contributed by atoms with Gasteiger partial charge in [0.15, 0.2) is 0 Å². The normalized spacial score (nSPS) is 11.7. The fourth-order valence-corrected chi connectivity index (χ4v) is 5.44. The molecular weight excluding hydrogens is 466 g/mol. The van der Waals surface area contributed by atoms with Gasteiger partial charge in [-0.1, -0.05) is 39.0 Å². The van der Waals surface area contributed by atoms with Gasteiger partial charge in [-0.3, -0.25) is 9.59 Å². The van der Waals surface area contributed by atoms with E-state index in [0.717, 1.165) is 23.2 Å². The van der Waals surface area contributed by atoms with Gasteiger partial charge >= 0.3 is 0 Å². The predicted octanol–water partition coefficient (Wildman–Crippen LogP) is 2.85. The summed E-state index contributed by atoms with van der Waals surface area (Å²) >= 11 is 0. The monoisotopic (exact) mass is 499 g/mol. The fourth-order valence-electron chi connectivity index (χ4n) is 3.96. The van der Waals surface area contributed by atoms with E-state index in [4.69, 9.17) is 0 Å². The zero-order chi connectivity index (χ0) is 25.6. The van der Waals surface area contributed by atoms with Crippen molar-refractivity contribution in [1.29, 1.82) is 0 Å². The second kappa shape index (κ2) is 11.5. The first-order valence-corrected chi connectivity index (χ1v) is 13.2. The summed E-state index contributed by atoms with van der Waals surface area (Å²) in [6, 6.07) is 12.5. The minimum atomic E-state index is -3.58. The number of carbonyl (C=O) groups excluding carboxylic acids is 2. The standard InChI is InChI=1S/C25H33N5O4S/c1-5-18-10-8-9-11-20(18)28-25(32)17-26-24(31)15-14-23-27-21-16-19(12-13-22(21)29(23)4)35(33,34)30(6-2)7-3/h8-13,16H,5-7,14-15,17H2,1-4H3,(H,26,31)(H,28,32). The van der Waals surface area contributed by atoms with Crippen LogP contribution in [0, 0.1) is 0 Å². The van der Waals surface area contributed by atoms with Crippen molar-refractivity contribution in [3.63, 3.8) is 0 Å². The molecule has 10 heteroatoms. The molecule has 0 saturated heterocycles. The first-order chi connectivity index (χ1) is 16.7. The molecule has 3 aromatic rings. The summed E-state index contributed by atoms with van der Waals surface area (Å²) in [5, 5.41) is 5.47. The number of sulfonamides is 1. The Morgan fingerprint density at radius 2 is 1.74 bits per heavy atom. The molecule has 0 fully saturated rings. The van der Waals surface area contributed by atoms with Crippen molar-refractivity contribution in [2.75, 3.05) is 25.0 Å². The molecule has 2 amide bonds. The number of fused-ring (bicyclic) bond motifs is 1. The third-order valence-corrected chi connectivity index (χ3v) is 8.03. The topological polar surface area (TPSA) is 113 Å². The van der Waals surface area contributed by atoms with E-state index in [1.165, 1.54) is 4.31 Å². The third kappa shape index (κ3) is 6.07. The highest BCUT2D eigenvalue weighted by Crippen LogP contribution is 2.23. The Labute approximate surface area is 206 Å². The molecule has 35 heavy (non-hydrogen) atoms. The average Bonchev–Trinajstić information content (AvgIpc) is 3.17. The lowest BCUT2D eigenvalue weighted by Gasteiger charge is -2.18. The molecule has 0 radical (unpaired) electrons. The van der Waals surface area contributed by atoms with Crippen LogP contribution < -0.4 is 10.6 Å². The number of aromatic nitrogens is 2. The van der Waals surface area contributed by atoms with Gasteiger partial charge in [-0.25, -0.2) is 13.4 Å². The van der Waals surface area contributed by atoms with Crippen LogP contribution in [0.4, 0.5) is 5.69 Å². The number of anilines is 1. The van der Waals surface area contributed by atoms with E-state index in [1.54, 1.807) is 32.0 Å². The number of nitrogens with zero attached hydrogens (tertiary/aromatic N) is 3. The Morgan fingerprint density at radius 3 is 2.43 bits per heavy atom. The number of benzene rings is 2. The summed E-state index contributed by atoms with van der Waals surface area (Å²) in [5.41, 5.74) is 3.12. The van der Waals surface area contributed by atoms with Crippen molar-refractivity contribution < 1.29 is 18.0 Å².